The minimum atomic E-state index is -0.00482. The van der Waals surface area contributed by atoms with Gasteiger partial charge in [-0.15, -0.1) is 0 Å². The lowest BCUT2D eigenvalue weighted by Gasteiger charge is -2.15. The molecule has 0 unspecified atom stereocenters. The van der Waals surface area contributed by atoms with Gasteiger partial charge in [0.2, 0.25) is 5.91 Å². The van der Waals surface area contributed by atoms with E-state index >= 15 is 0 Å². The van der Waals surface area contributed by atoms with Crippen molar-refractivity contribution in [1.82, 2.24) is 14.9 Å². The van der Waals surface area contributed by atoms with E-state index in [9.17, 15) is 4.79 Å². The molecule has 4 nitrogen and oxygen atoms in total. The fourth-order valence-electron chi connectivity index (χ4n) is 1.66. The maximum Gasteiger partial charge on any atom is 0.227 e. The van der Waals surface area contributed by atoms with E-state index in [0.717, 1.165) is 11.4 Å². The molecule has 100 valence electrons. The molecular weight excluding hydrogens is 285 g/mol. The van der Waals surface area contributed by atoms with Gasteiger partial charge in [0.1, 0.15) is 5.82 Å². The van der Waals surface area contributed by atoms with Gasteiger partial charge < -0.3 is 9.88 Å². The van der Waals surface area contributed by atoms with Gasteiger partial charge in [-0.1, -0.05) is 29.3 Å². The summed E-state index contributed by atoms with van der Waals surface area (Å²) in [4.78, 5) is 20.7. The molecule has 1 amide bonds. The van der Waals surface area contributed by atoms with E-state index in [1.54, 1.807) is 42.5 Å². The number of hydrogen-bond acceptors (Lipinski definition) is 2. The summed E-state index contributed by atoms with van der Waals surface area (Å²) in [7, 11) is 1.74. The second-order valence-corrected chi connectivity index (χ2v) is 5.03. The quantitative estimate of drug-likeness (QED) is 0.943. The van der Waals surface area contributed by atoms with Crippen molar-refractivity contribution >= 4 is 29.1 Å². The number of nitrogens with one attached hydrogen (secondary N) is 1. The molecule has 0 aliphatic heterocycles. The van der Waals surface area contributed by atoms with Gasteiger partial charge in [-0.25, -0.2) is 4.98 Å². The van der Waals surface area contributed by atoms with E-state index in [1.165, 1.54) is 0 Å². The van der Waals surface area contributed by atoms with Crippen LogP contribution in [0, 0.1) is 0 Å². The average molecular weight is 298 g/mol. The molecular formula is C13H13Cl2N3O. The van der Waals surface area contributed by atoms with Crippen LogP contribution in [0.25, 0.3) is 0 Å². The first-order valence-electron chi connectivity index (χ1n) is 5.72. The zero-order valence-corrected chi connectivity index (χ0v) is 11.9. The lowest BCUT2D eigenvalue weighted by atomic mass is 10.1. The molecule has 1 N–H and O–H groups in total. The summed E-state index contributed by atoms with van der Waals surface area (Å²) in [5, 5.41) is 0.947. The van der Waals surface area contributed by atoms with Crippen LogP contribution in [0.15, 0.2) is 30.6 Å². The molecule has 0 saturated carbocycles. The fourth-order valence-corrected chi connectivity index (χ4v) is 1.98. The van der Waals surface area contributed by atoms with Crippen molar-refractivity contribution in [3.8, 4) is 0 Å². The standard InChI is InChI=1S/C13H13Cl2N3O/c1-18(8-12-16-4-5-17-12)13(19)7-9-2-3-10(14)11(15)6-9/h2-6H,7-8H2,1H3,(H,16,17). The van der Waals surface area contributed by atoms with E-state index in [2.05, 4.69) is 9.97 Å². The van der Waals surface area contributed by atoms with Crippen molar-refractivity contribution in [3.63, 3.8) is 0 Å². The molecule has 1 aromatic heterocycles. The number of amides is 1. The Balaban J connectivity index is 1.98. The highest BCUT2D eigenvalue weighted by Crippen LogP contribution is 2.23. The molecule has 0 saturated heterocycles. The number of carbonyl (C=O) groups is 1. The predicted octanol–water partition coefficient (Wildman–Crippen LogP) is 2.92. The van der Waals surface area contributed by atoms with Gasteiger partial charge in [0.05, 0.1) is 23.0 Å². The number of hydrogen-bond donors (Lipinski definition) is 1. The predicted molar refractivity (Wildman–Crippen MR) is 75.2 cm³/mol. The zero-order valence-electron chi connectivity index (χ0n) is 10.4. The highest BCUT2D eigenvalue weighted by molar-refractivity contribution is 6.42. The smallest absolute Gasteiger partial charge is 0.227 e. The number of aromatic nitrogens is 2. The van der Waals surface area contributed by atoms with E-state index in [4.69, 9.17) is 23.2 Å². The Morgan fingerprint density at radius 2 is 2.16 bits per heavy atom. The Morgan fingerprint density at radius 3 is 2.79 bits per heavy atom. The molecule has 0 aliphatic carbocycles. The maximum atomic E-state index is 12.0. The van der Waals surface area contributed by atoms with Gasteiger partial charge >= 0.3 is 0 Å². The monoisotopic (exact) mass is 297 g/mol. The highest BCUT2D eigenvalue weighted by atomic mass is 35.5. The number of H-pyrrole nitrogens is 1. The van der Waals surface area contributed by atoms with Crippen molar-refractivity contribution in [1.29, 1.82) is 0 Å². The second-order valence-electron chi connectivity index (χ2n) is 4.21. The Morgan fingerprint density at radius 1 is 1.37 bits per heavy atom. The van der Waals surface area contributed by atoms with Crippen molar-refractivity contribution < 1.29 is 4.79 Å². The van der Waals surface area contributed by atoms with Crippen LogP contribution >= 0.6 is 23.2 Å². The molecule has 1 aromatic carbocycles. The lowest BCUT2D eigenvalue weighted by molar-refractivity contribution is -0.129. The molecule has 0 atom stereocenters. The molecule has 2 rings (SSSR count). The van der Waals surface area contributed by atoms with Crippen LogP contribution in [0.5, 0.6) is 0 Å². The number of halogens is 2. The number of likely N-dealkylation sites (N-methyl/N-ethyl adjacent to an activating group) is 1. The molecule has 0 aliphatic rings. The summed E-state index contributed by atoms with van der Waals surface area (Å²) in [5.74, 6) is 0.750. The van der Waals surface area contributed by atoms with Crippen LogP contribution in [-0.4, -0.2) is 27.8 Å². The minimum Gasteiger partial charge on any atom is -0.347 e. The average Bonchev–Trinajstić information content (AvgIpc) is 2.86. The normalized spacial score (nSPS) is 10.5. The molecule has 0 radical (unpaired) electrons. The van der Waals surface area contributed by atoms with E-state index in [1.807, 2.05) is 0 Å². The maximum absolute atomic E-state index is 12.0. The van der Waals surface area contributed by atoms with Crippen molar-refractivity contribution in [2.45, 2.75) is 13.0 Å². The van der Waals surface area contributed by atoms with Gasteiger partial charge in [-0.05, 0) is 17.7 Å². The molecule has 19 heavy (non-hydrogen) atoms. The van der Waals surface area contributed by atoms with Gasteiger partial charge in [0, 0.05) is 19.4 Å². The Kier molecular flexibility index (Phi) is 4.45. The molecule has 0 bridgehead atoms. The third-order valence-corrected chi connectivity index (χ3v) is 3.45. The number of carbonyl (C=O) groups excluding carboxylic acids is 1. The number of aromatic amines is 1. The largest absolute Gasteiger partial charge is 0.347 e. The number of imidazole rings is 1. The van der Waals surface area contributed by atoms with Crippen LogP contribution in [0.1, 0.15) is 11.4 Å². The summed E-state index contributed by atoms with van der Waals surface area (Å²) in [6, 6.07) is 5.20. The van der Waals surface area contributed by atoms with Crippen LogP contribution < -0.4 is 0 Å². The lowest BCUT2D eigenvalue weighted by Crippen LogP contribution is -2.28. The van der Waals surface area contributed by atoms with E-state index in [0.29, 0.717) is 16.6 Å². The SMILES string of the molecule is CN(Cc1ncc[nH]1)C(=O)Cc1ccc(Cl)c(Cl)c1. The van der Waals surface area contributed by atoms with Gasteiger partial charge in [-0.2, -0.15) is 0 Å². The fraction of sp³-hybridized carbons (Fsp3) is 0.231. The Bertz CT molecular complexity index is 569. The Hall–Kier alpha value is -1.52. The van der Waals surface area contributed by atoms with Crippen LogP contribution in [0.4, 0.5) is 0 Å². The molecule has 6 heteroatoms. The topological polar surface area (TPSA) is 49.0 Å². The molecule has 0 spiro atoms. The summed E-state index contributed by atoms with van der Waals surface area (Å²) in [5.41, 5.74) is 0.839. The minimum absolute atomic E-state index is 0.00482. The first-order valence-corrected chi connectivity index (χ1v) is 6.48. The molecule has 1 heterocycles. The van der Waals surface area contributed by atoms with Crippen molar-refractivity contribution in [2.75, 3.05) is 7.05 Å². The Labute approximate surface area is 121 Å². The van der Waals surface area contributed by atoms with E-state index < -0.39 is 0 Å². The number of rotatable bonds is 4. The van der Waals surface area contributed by atoms with Gasteiger partial charge in [0.25, 0.3) is 0 Å². The van der Waals surface area contributed by atoms with Crippen LogP contribution in [0.3, 0.4) is 0 Å². The number of benzene rings is 1. The first kappa shape index (κ1) is 13.9. The van der Waals surface area contributed by atoms with Crippen molar-refractivity contribution in [3.05, 3.63) is 52.0 Å². The summed E-state index contributed by atoms with van der Waals surface area (Å²) >= 11 is 11.8. The number of nitrogens with zero attached hydrogens (tertiary/aromatic N) is 2. The summed E-state index contributed by atoms with van der Waals surface area (Å²) in [6.07, 6.45) is 3.67. The summed E-state index contributed by atoms with van der Waals surface area (Å²) < 4.78 is 0. The van der Waals surface area contributed by atoms with Crippen LogP contribution in [-0.2, 0) is 17.8 Å². The summed E-state index contributed by atoms with van der Waals surface area (Å²) in [6.45, 7) is 0.452. The van der Waals surface area contributed by atoms with Gasteiger partial charge in [0.15, 0.2) is 0 Å². The van der Waals surface area contributed by atoms with E-state index in [-0.39, 0.29) is 12.3 Å². The molecule has 0 fully saturated rings. The second kappa shape index (κ2) is 6.08. The zero-order chi connectivity index (χ0) is 13.8. The van der Waals surface area contributed by atoms with Gasteiger partial charge in [-0.3, -0.25) is 4.79 Å². The molecule has 2 aromatic rings. The highest BCUT2D eigenvalue weighted by Gasteiger charge is 2.12. The first-order chi connectivity index (χ1) is 9.06. The third kappa shape index (κ3) is 3.72. The third-order valence-electron chi connectivity index (χ3n) is 2.71. The van der Waals surface area contributed by atoms with Crippen molar-refractivity contribution in [2.24, 2.45) is 0 Å². The van der Waals surface area contributed by atoms with Crippen LogP contribution in [0.2, 0.25) is 10.0 Å².